The highest BCUT2D eigenvalue weighted by atomic mass is 32.2. The van der Waals surface area contributed by atoms with Gasteiger partial charge >= 0.3 is 0 Å². The molecular weight excluding hydrogens is 470 g/mol. The molecule has 0 radical (unpaired) electrons. The van der Waals surface area contributed by atoms with Gasteiger partial charge in [-0.15, -0.1) is 0 Å². The van der Waals surface area contributed by atoms with Crippen LogP contribution < -0.4 is 14.8 Å². The number of methoxy groups -OCH3 is 2. The Balaban J connectivity index is 1.77. The lowest BCUT2D eigenvalue weighted by atomic mass is 10.1. The Labute approximate surface area is 205 Å². The standard InChI is InChI=1S/C24H21N5O3S2/c1-15-23(33-12-11-25)34-24(26-15)27-22(30)19-14-29(16-7-5-4-6-8-16)28-21(19)18-13-17(31-2)9-10-20(18)32-3/h4-10,13-14H,12H2,1-3H3,(H,26,27,30). The molecule has 172 valence electrons. The van der Waals surface area contributed by atoms with Crippen molar-refractivity contribution in [2.45, 2.75) is 11.1 Å². The number of nitrogens with zero attached hydrogens (tertiary/aromatic N) is 4. The summed E-state index contributed by atoms with van der Waals surface area (Å²) in [7, 11) is 3.15. The number of thioether (sulfide) groups is 1. The molecule has 0 fully saturated rings. The minimum Gasteiger partial charge on any atom is -0.497 e. The van der Waals surface area contributed by atoms with Crippen LogP contribution in [0.1, 0.15) is 16.1 Å². The molecule has 2 aromatic heterocycles. The van der Waals surface area contributed by atoms with Gasteiger partial charge in [0.25, 0.3) is 5.91 Å². The second-order valence-corrected chi connectivity index (χ2v) is 9.27. The predicted molar refractivity (Wildman–Crippen MR) is 133 cm³/mol. The molecule has 0 aliphatic rings. The Kier molecular flexibility index (Phi) is 7.15. The Morgan fingerprint density at radius 1 is 1.21 bits per heavy atom. The smallest absolute Gasteiger partial charge is 0.261 e. The van der Waals surface area contributed by atoms with Gasteiger partial charge in [0.05, 0.1) is 47.2 Å². The van der Waals surface area contributed by atoms with E-state index in [1.165, 1.54) is 23.1 Å². The number of carbonyl (C=O) groups excluding carboxylic acids is 1. The van der Waals surface area contributed by atoms with Gasteiger partial charge in [0.1, 0.15) is 17.2 Å². The number of hydrogen-bond donors (Lipinski definition) is 1. The zero-order valence-corrected chi connectivity index (χ0v) is 20.4. The van der Waals surface area contributed by atoms with E-state index in [0.29, 0.717) is 39.2 Å². The highest BCUT2D eigenvalue weighted by Gasteiger charge is 2.23. The number of anilines is 1. The first-order valence-electron chi connectivity index (χ1n) is 10.2. The van der Waals surface area contributed by atoms with Crippen molar-refractivity contribution in [1.82, 2.24) is 14.8 Å². The van der Waals surface area contributed by atoms with Crippen molar-refractivity contribution < 1.29 is 14.3 Å². The zero-order chi connectivity index (χ0) is 24.1. The van der Waals surface area contributed by atoms with E-state index in [2.05, 4.69) is 16.4 Å². The highest BCUT2D eigenvalue weighted by molar-refractivity contribution is 8.01. The van der Waals surface area contributed by atoms with Crippen LogP contribution in [-0.2, 0) is 0 Å². The molecule has 2 heterocycles. The molecule has 0 saturated carbocycles. The van der Waals surface area contributed by atoms with E-state index < -0.39 is 0 Å². The summed E-state index contributed by atoms with van der Waals surface area (Å²) in [6, 6.07) is 17.0. The number of hydrogen-bond acceptors (Lipinski definition) is 8. The Bertz CT molecular complexity index is 1360. The first kappa shape index (κ1) is 23.4. The van der Waals surface area contributed by atoms with E-state index in [0.717, 1.165) is 15.6 Å². The summed E-state index contributed by atoms with van der Waals surface area (Å²) in [5.41, 5.74) is 3.02. The number of nitriles is 1. The van der Waals surface area contributed by atoms with Gasteiger partial charge in [0, 0.05) is 11.8 Å². The molecule has 8 nitrogen and oxygen atoms in total. The van der Waals surface area contributed by atoms with Crippen LogP contribution in [0, 0.1) is 18.3 Å². The lowest BCUT2D eigenvalue weighted by Crippen LogP contribution is -2.12. The SMILES string of the molecule is COc1ccc(OC)c(-c2nn(-c3ccccc3)cc2C(=O)Nc2nc(C)c(SCC#N)s2)c1. The molecule has 0 bridgehead atoms. The van der Waals surface area contributed by atoms with Crippen molar-refractivity contribution in [3.63, 3.8) is 0 Å². The largest absolute Gasteiger partial charge is 0.497 e. The number of rotatable bonds is 8. The van der Waals surface area contributed by atoms with Crippen LogP contribution >= 0.6 is 23.1 Å². The highest BCUT2D eigenvalue weighted by Crippen LogP contribution is 2.36. The average Bonchev–Trinajstić information content (AvgIpc) is 3.46. The van der Waals surface area contributed by atoms with Gasteiger partial charge in [0.2, 0.25) is 0 Å². The maximum Gasteiger partial charge on any atom is 0.261 e. The monoisotopic (exact) mass is 491 g/mol. The maximum atomic E-state index is 13.4. The molecule has 0 spiro atoms. The third-order valence-corrected chi connectivity index (χ3v) is 7.19. The van der Waals surface area contributed by atoms with Crippen molar-refractivity contribution in [2.75, 3.05) is 25.3 Å². The molecule has 0 aliphatic carbocycles. The summed E-state index contributed by atoms with van der Waals surface area (Å²) in [6.07, 6.45) is 1.69. The molecule has 34 heavy (non-hydrogen) atoms. The van der Waals surface area contributed by atoms with E-state index in [1.807, 2.05) is 37.3 Å². The predicted octanol–water partition coefficient (Wildman–Crippen LogP) is 5.19. The normalized spacial score (nSPS) is 10.5. The summed E-state index contributed by atoms with van der Waals surface area (Å²) in [6.45, 7) is 1.85. The van der Waals surface area contributed by atoms with Crippen molar-refractivity contribution in [2.24, 2.45) is 0 Å². The summed E-state index contributed by atoms with van der Waals surface area (Å²) in [4.78, 5) is 17.9. The van der Waals surface area contributed by atoms with Gasteiger partial charge in [-0.05, 0) is 37.3 Å². The number of aryl methyl sites for hydroxylation is 1. The summed E-state index contributed by atoms with van der Waals surface area (Å²) >= 11 is 2.74. The second kappa shape index (κ2) is 10.4. The molecule has 1 amide bonds. The minimum atomic E-state index is -0.354. The molecule has 1 N–H and O–H groups in total. The molecule has 10 heteroatoms. The van der Waals surface area contributed by atoms with Crippen LogP contribution in [0.3, 0.4) is 0 Å². The first-order valence-corrected chi connectivity index (χ1v) is 12.0. The third kappa shape index (κ3) is 4.90. The van der Waals surface area contributed by atoms with Crippen LogP contribution in [-0.4, -0.2) is 40.6 Å². The van der Waals surface area contributed by atoms with Gasteiger partial charge in [-0.1, -0.05) is 41.3 Å². The van der Waals surface area contributed by atoms with Crippen molar-refractivity contribution in [1.29, 1.82) is 5.26 Å². The van der Waals surface area contributed by atoms with Gasteiger partial charge < -0.3 is 9.47 Å². The number of para-hydroxylation sites is 1. The summed E-state index contributed by atoms with van der Waals surface area (Å²) < 4.78 is 13.5. The molecule has 0 aliphatic heterocycles. The van der Waals surface area contributed by atoms with Crippen molar-refractivity contribution >= 4 is 34.1 Å². The molecule has 0 atom stereocenters. The zero-order valence-electron chi connectivity index (χ0n) is 18.7. The quantitative estimate of drug-likeness (QED) is 0.338. The van der Waals surface area contributed by atoms with E-state index in [9.17, 15) is 4.79 Å². The number of amides is 1. The van der Waals surface area contributed by atoms with Crippen molar-refractivity contribution in [3.05, 3.63) is 66.0 Å². The van der Waals surface area contributed by atoms with Gasteiger partial charge in [-0.25, -0.2) is 9.67 Å². The molecular formula is C24H21N5O3S2. The number of ether oxygens (including phenoxy) is 2. The van der Waals surface area contributed by atoms with E-state index >= 15 is 0 Å². The lowest BCUT2D eigenvalue weighted by molar-refractivity contribution is 0.102. The number of benzene rings is 2. The number of nitrogens with one attached hydrogen (secondary N) is 1. The van der Waals surface area contributed by atoms with Gasteiger partial charge in [-0.3, -0.25) is 10.1 Å². The van der Waals surface area contributed by atoms with E-state index in [1.54, 1.807) is 43.3 Å². The molecule has 4 aromatic rings. The van der Waals surface area contributed by atoms with Crippen molar-refractivity contribution in [3.8, 4) is 34.5 Å². The number of aromatic nitrogens is 3. The summed E-state index contributed by atoms with van der Waals surface area (Å²) in [5.74, 6) is 1.15. The fraction of sp³-hybridized carbons (Fsp3) is 0.167. The molecule has 0 saturated heterocycles. The maximum absolute atomic E-state index is 13.4. The third-order valence-electron chi connectivity index (χ3n) is 4.88. The molecule has 0 unspecified atom stereocenters. The van der Waals surface area contributed by atoms with Gasteiger partial charge in [-0.2, -0.15) is 10.4 Å². The van der Waals surface area contributed by atoms with Crippen LogP contribution in [0.25, 0.3) is 16.9 Å². The molecule has 2 aromatic carbocycles. The number of carbonyl (C=O) groups is 1. The fourth-order valence-corrected chi connectivity index (χ4v) is 5.08. The van der Waals surface area contributed by atoms with Crippen LogP contribution in [0.2, 0.25) is 0 Å². The number of thiazole rings is 1. The lowest BCUT2D eigenvalue weighted by Gasteiger charge is -2.10. The average molecular weight is 492 g/mol. The fourth-order valence-electron chi connectivity index (χ4n) is 3.28. The minimum absolute atomic E-state index is 0.319. The van der Waals surface area contributed by atoms with Crippen LogP contribution in [0.5, 0.6) is 11.5 Å². The first-order chi connectivity index (χ1) is 16.5. The Morgan fingerprint density at radius 3 is 2.71 bits per heavy atom. The van der Waals surface area contributed by atoms with E-state index in [-0.39, 0.29) is 5.91 Å². The van der Waals surface area contributed by atoms with Crippen LogP contribution in [0.4, 0.5) is 5.13 Å². The van der Waals surface area contributed by atoms with Gasteiger partial charge in [0.15, 0.2) is 5.13 Å². The van der Waals surface area contributed by atoms with E-state index in [4.69, 9.17) is 19.8 Å². The Hall–Kier alpha value is -3.81. The second-order valence-electron chi connectivity index (χ2n) is 7.03. The molecule has 4 rings (SSSR count). The topological polar surface area (TPSA) is 102 Å². The Morgan fingerprint density at radius 2 is 2.00 bits per heavy atom. The van der Waals surface area contributed by atoms with Crippen LogP contribution in [0.15, 0.2) is 58.9 Å². The summed E-state index contributed by atoms with van der Waals surface area (Å²) in [5, 5.41) is 16.9.